The highest BCUT2D eigenvalue weighted by Gasteiger charge is 2.56. The minimum atomic E-state index is -2.00. The van der Waals surface area contributed by atoms with Crippen LogP contribution in [0.4, 0.5) is 0 Å². The zero-order chi connectivity index (χ0) is 37.8. The molecule has 0 aromatic carbocycles. The second-order valence-corrected chi connectivity index (χ2v) is 30.0. The lowest BCUT2D eigenvalue weighted by Gasteiger charge is -2.45. The second kappa shape index (κ2) is 14.8. The molecular formula is C44H75NO4Si2. The van der Waals surface area contributed by atoms with Crippen molar-refractivity contribution in [2.75, 3.05) is 6.54 Å². The quantitative estimate of drug-likeness (QED) is 0.169. The molecule has 1 aliphatic heterocycles. The Morgan fingerprint density at radius 2 is 1.63 bits per heavy atom. The van der Waals surface area contributed by atoms with E-state index >= 15 is 0 Å². The van der Waals surface area contributed by atoms with E-state index in [1.807, 2.05) is 0 Å². The van der Waals surface area contributed by atoms with Gasteiger partial charge in [0.25, 0.3) is 0 Å². The molecule has 4 unspecified atom stereocenters. The lowest BCUT2D eigenvalue weighted by molar-refractivity contribution is 0.0969. The second-order valence-electron chi connectivity index (χ2n) is 20.5. The molecule has 5 nitrogen and oxygen atoms in total. The number of aliphatic hydroxyl groups is 1. The van der Waals surface area contributed by atoms with Crippen molar-refractivity contribution < 1.29 is 18.7 Å². The summed E-state index contributed by atoms with van der Waals surface area (Å²) in [7, 11) is -3.96. The predicted octanol–water partition coefficient (Wildman–Crippen LogP) is 11.7. The van der Waals surface area contributed by atoms with Crippen LogP contribution < -0.4 is 0 Å². The average molecular weight is 738 g/mol. The number of fused-ring (bicyclic) bond motifs is 1. The van der Waals surface area contributed by atoms with E-state index in [0.29, 0.717) is 17.8 Å². The van der Waals surface area contributed by atoms with Gasteiger partial charge in [-0.3, -0.25) is 4.99 Å². The van der Waals surface area contributed by atoms with E-state index in [4.69, 9.17) is 25.2 Å². The molecular weight excluding hydrogens is 663 g/mol. The number of aliphatic hydroxyl groups excluding tert-OH is 1. The molecule has 0 amide bonds. The lowest BCUT2D eigenvalue weighted by atomic mass is 9.61. The molecule has 1 heterocycles. The molecule has 288 valence electrons. The maximum atomic E-state index is 11.4. The van der Waals surface area contributed by atoms with Crippen molar-refractivity contribution in [1.82, 2.24) is 0 Å². The fraction of sp³-hybridized carbons (Fsp3) is 0.795. The normalized spacial score (nSPS) is 34.5. The molecule has 5 aliphatic rings. The molecule has 0 aromatic heterocycles. The third-order valence-electron chi connectivity index (χ3n) is 15.0. The van der Waals surface area contributed by atoms with E-state index in [1.54, 1.807) is 5.57 Å². The van der Waals surface area contributed by atoms with Crippen LogP contribution in [0.2, 0.25) is 36.3 Å². The van der Waals surface area contributed by atoms with Crippen molar-refractivity contribution in [3.63, 3.8) is 0 Å². The molecule has 5 rings (SSSR count). The molecule has 0 saturated heterocycles. The maximum Gasteiger partial charge on any atom is 0.193 e. The van der Waals surface area contributed by atoms with Crippen LogP contribution in [0, 0.1) is 28.6 Å². The molecule has 7 heteroatoms. The van der Waals surface area contributed by atoms with Crippen molar-refractivity contribution in [2.45, 2.75) is 187 Å². The zero-order valence-corrected chi connectivity index (χ0v) is 37.0. The van der Waals surface area contributed by atoms with Crippen molar-refractivity contribution in [2.24, 2.45) is 33.6 Å². The molecule has 4 aliphatic carbocycles. The van der Waals surface area contributed by atoms with E-state index in [1.165, 1.54) is 43.3 Å². The fourth-order valence-electron chi connectivity index (χ4n) is 9.18. The van der Waals surface area contributed by atoms with E-state index < -0.39 is 22.7 Å². The zero-order valence-electron chi connectivity index (χ0n) is 35.0. The number of ether oxygens (including phenoxy) is 1. The van der Waals surface area contributed by atoms with Gasteiger partial charge in [0.2, 0.25) is 0 Å². The van der Waals surface area contributed by atoms with Crippen LogP contribution in [0.3, 0.4) is 0 Å². The highest BCUT2D eigenvalue weighted by Crippen LogP contribution is 2.60. The largest absolute Gasteiger partial charge is 0.475 e. The first-order chi connectivity index (χ1) is 23.5. The third kappa shape index (κ3) is 8.38. The van der Waals surface area contributed by atoms with Crippen LogP contribution in [-0.4, -0.2) is 58.6 Å². The third-order valence-corrected chi connectivity index (χ3v) is 24.0. The van der Waals surface area contributed by atoms with Crippen molar-refractivity contribution in [1.29, 1.82) is 0 Å². The van der Waals surface area contributed by atoms with Crippen molar-refractivity contribution in [3.8, 4) is 0 Å². The first-order valence-corrected chi connectivity index (χ1v) is 26.4. The minimum absolute atomic E-state index is 0.00434. The van der Waals surface area contributed by atoms with Crippen LogP contribution in [0.1, 0.15) is 127 Å². The van der Waals surface area contributed by atoms with Gasteiger partial charge in [0, 0.05) is 6.42 Å². The lowest BCUT2D eigenvalue weighted by Crippen LogP contribution is -2.49. The number of hydrogen-bond donors (Lipinski definition) is 1. The first kappa shape index (κ1) is 40.9. The standard InChI is InChI=1S/C44H75NO4Si2/c1-15-34-29-45-40(47-34)44(25-26-44)39(46)23-18-30(2)36-21-22-37-32(17-16-24-43(36,37)10)19-20-33-27-35(48-50(11,12)41(4,5)6)28-38(31(33)3)49-51(13,14)42(7,8)9/h18-20,23,30,34-39,46H,3,15-17,21-22,24-29H2,1-2,4-14H3/b23-18+,32-19+,33-20-/t30-,34?,35?,36-,37+,38?,39?,43-/m1/s1. The summed E-state index contributed by atoms with van der Waals surface area (Å²) in [5.74, 6) is 2.43. The van der Waals surface area contributed by atoms with Gasteiger partial charge < -0.3 is 18.7 Å². The van der Waals surface area contributed by atoms with E-state index in [-0.39, 0.29) is 39.2 Å². The van der Waals surface area contributed by atoms with Gasteiger partial charge >= 0.3 is 0 Å². The highest BCUT2D eigenvalue weighted by atomic mass is 28.4. The van der Waals surface area contributed by atoms with Gasteiger partial charge in [0.15, 0.2) is 22.5 Å². The van der Waals surface area contributed by atoms with E-state index in [9.17, 15) is 5.11 Å². The molecule has 8 atom stereocenters. The first-order valence-electron chi connectivity index (χ1n) is 20.6. The van der Waals surface area contributed by atoms with Crippen LogP contribution >= 0.6 is 0 Å². The number of hydrogen-bond acceptors (Lipinski definition) is 5. The Labute approximate surface area is 315 Å². The van der Waals surface area contributed by atoms with Crippen LogP contribution in [-0.2, 0) is 13.6 Å². The van der Waals surface area contributed by atoms with E-state index in [0.717, 1.165) is 44.5 Å². The van der Waals surface area contributed by atoms with Crippen molar-refractivity contribution in [3.05, 3.63) is 47.6 Å². The highest BCUT2D eigenvalue weighted by molar-refractivity contribution is 6.74. The van der Waals surface area contributed by atoms with Gasteiger partial charge in [0.05, 0.1) is 30.3 Å². The van der Waals surface area contributed by atoms with Gasteiger partial charge in [-0.2, -0.15) is 0 Å². The summed E-state index contributed by atoms with van der Waals surface area (Å²) >= 11 is 0. The fourth-order valence-corrected chi connectivity index (χ4v) is 11.9. The number of nitrogens with zero attached hydrogens (tertiary/aromatic N) is 1. The summed E-state index contributed by atoms with van der Waals surface area (Å²) in [6.07, 6.45) is 20.1. The predicted molar refractivity (Wildman–Crippen MR) is 220 cm³/mol. The van der Waals surface area contributed by atoms with Crippen LogP contribution in [0.25, 0.3) is 0 Å². The number of allylic oxidation sites excluding steroid dienone is 4. The maximum absolute atomic E-state index is 11.4. The summed E-state index contributed by atoms with van der Waals surface area (Å²) in [5, 5.41) is 11.7. The van der Waals surface area contributed by atoms with Crippen molar-refractivity contribution >= 4 is 22.5 Å². The Morgan fingerprint density at radius 1 is 0.980 bits per heavy atom. The summed E-state index contributed by atoms with van der Waals surface area (Å²) < 4.78 is 20.4. The molecule has 0 spiro atoms. The summed E-state index contributed by atoms with van der Waals surface area (Å²) in [4.78, 5) is 4.71. The van der Waals surface area contributed by atoms with Gasteiger partial charge in [-0.15, -0.1) is 0 Å². The Kier molecular flexibility index (Phi) is 11.8. The number of aliphatic imine (C=N–C) groups is 1. The smallest absolute Gasteiger partial charge is 0.193 e. The number of rotatable bonds is 11. The molecule has 0 radical (unpaired) electrons. The van der Waals surface area contributed by atoms with Gasteiger partial charge in [-0.05, 0) is 128 Å². The SMILES string of the molecule is C=C1/C(=C\C=C2/CCC[C@]3(C)[C@@H]([C@H](C)/C=C/C(O)C4(C5=NCC(CC)O5)CC4)CC[C@@H]23)CC(O[Si](C)(C)C(C)(C)C)CC1O[Si](C)(C)C(C)(C)C. The Morgan fingerprint density at radius 3 is 2.22 bits per heavy atom. The molecule has 0 bridgehead atoms. The van der Waals surface area contributed by atoms with E-state index in [2.05, 4.69) is 113 Å². The Bertz CT molecular complexity index is 1410. The Balaban J connectivity index is 1.33. The summed E-state index contributed by atoms with van der Waals surface area (Å²) in [6.45, 7) is 36.0. The van der Waals surface area contributed by atoms with Crippen LogP contribution in [0.15, 0.2) is 52.6 Å². The molecule has 1 N–H and O–H groups in total. The topological polar surface area (TPSA) is 60.3 Å². The van der Waals surface area contributed by atoms with Gasteiger partial charge in [-0.1, -0.05) is 98.8 Å². The Hall–Kier alpha value is -1.26. The summed E-state index contributed by atoms with van der Waals surface area (Å²) in [5.41, 5.74) is 4.09. The monoisotopic (exact) mass is 738 g/mol. The molecule has 4 fully saturated rings. The van der Waals surface area contributed by atoms with Gasteiger partial charge in [-0.25, -0.2) is 0 Å². The molecule has 0 aromatic rings. The molecule has 51 heavy (non-hydrogen) atoms. The van der Waals surface area contributed by atoms with Gasteiger partial charge in [0.1, 0.15) is 6.10 Å². The molecule has 4 saturated carbocycles. The average Bonchev–Trinajstić information content (AvgIpc) is 3.54. The summed E-state index contributed by atoms with van der Waals surface area (Å²) in [6, 6.07) is 0. The minimum Gasteiger partial charge on any atom is -0.475 e. The van der Waals surface area contributed by atoms with Crippen LogP contribution in [0.5, 0.6) is 0 Å².